The molecule has 0 aliphatic carbocycles. The molecule has 3 rings (SSSR count). The second-order valence-electron chi connectivity index (χ2n) is 7.22. The topological polar surface area (TPSA) is 46.6 Å². The number of nitrogens with zero attached hydrogens (tertiary/aromatic N) is 2. The maximum Gasteiger partial charge on any atom is 0.496 e. The zero-order valence-corrected chi connectivity index (χ0v) is 14.3. The van der Waals surface area contributed by atoms with Crippen molar-refractivity contribution in [3.05, 3.63) is 17.8 Å². The van der Waals surface area contributed by atoms with Crippen LogP contribution in [-0.4, -0.2) is 49.5 Å². The normalized spacial score (nSPS) is 23.9. The number of hydrogen-bond acceptors (Lipinski definition) is 5. The highest BCUT2D eigenvalue weighted by Crippen LogP contribution is 2.36. The van der Waals surface area contributed by atoms with E-state index in [4.69, 9.17) is 9.31 Å². The van der Waals surface area contributed by atoms with Gasteiger partial charge in [-0.05, 0) is 46.2 Å². The van der Waals surface area contributed by atoms with E-state index in [2.05, 4.69) is 55.9 Å². The van der Waals surface area contributed by atoms with Gasteiger partial charge in [0.25, 0.3) is 0 Å². The van der Waals surface area contributed by atoms with Crippen LogP contribution in [0.4, 0.5) is 5.82 Å². The van der Waals surface area contributed by atoms with Gasteiger partial charge in [0.2, 0.25) is 0 Å². The van der Waals surface area contributed by atoms with Gasteiger partial charge in [-0.15, -0.1) is 0 Å². The van der Waals surface area contributed by atoms with Crippen molar-refractivity contribution in [1.82, 2.24) is 10.3 Å². The smallest absolute Gasteiger partial charge is 0.399 e. The predicted molar refractivity (Wildman–Crippen MR) is 89.8 cm³/mol. The first kappa shape index (κ1) is 15.8. The number of rotatable bonds is 2. The van der Waals surface area contributed by atoms with Crippen molar-refractivity contribution in [3.63, 3.8) is 0 Å². The van der Waals surface area contributed by atoms with Crippen LogP contribution in [0.1, 0.15) is 33.3 Å². The number of piperazine rings is 1. The molecule has 2 aliphatic rings. The molecule has 1 N–H and O–H groups in total. The molecule has 3 heterocycles. The molecular weight excluding hydrogens is 277 g/mol. The Balaban J connectivity index is 1.81. The molecule has 5 nitrogen and oxygen atoms in total. The standard InChI is InChI=1S/C16H26BN3O2/c1-12-10-14(20-8-6-18-7-9-20)19-11-13(12)17-21-15(2,3)16(4,5)22-17/h10-11,18H,6-9H2,1-5H3. The van der Waals surface area contributed by atoms with Crippen LogP contribution in [0.5, 0.6) is 0 Å². The van der Waals surface area contributed by atoms with Crippen molar-refractivity contribution in [3.8, 4) is 0 Å². The van der Waals surface area contributed by atoms with Gasteiger partial charge in [0.1, 0.15) is 5.82 Å². The number of nitrogens with one attached hydrogen (secondary N) is 1. The second kappa shape index (κ2) is 5.51. The third-order valence-electron chi connectivity index (χ3n) is 5.09. The minimum atomic E-state index is -0.338. The van der Waals surface area contributed by atoms with Crippen LogP contribution < -0.4 is 15.7 Å². The van der Waals surface area contributed by atoms with Gasteiger partial charge < -0.3 is 19.5 Å². The summed E-state index contributed by atoms with van der Waals surface area (Å²) < 4.78 is 12.3. The monoisotopic (exact) mass is 303 g/mol. The van der Waals surface area contributed by atoms with E-state index in [1.54, 1.807) is 0 Å². The van der Waals surface area contributed by atoms with Crippen molar-refractivity contribution in [2.24, 2.45) is 0 Å². The zero-order valence-electron chi connectivity index (χ0n) is 14.3. The van der Waals surface area contributed by atoms with Gasteiger partial charge >= 0.3 is 7.12 Å². The fourth-order valence-electron chi connectivity index (χ4n) is 2.84. The molecule has 0 saturated carbocycles. The van der Waals surface area contributed by atoms with Crippen molar-refractivity contribution in [2.75, 3.05) is 31.1 Å². The van der Waals surface area contributed by atoms with Crippen molar-refractivity contribution in [2.45, 2.75) is 45.8 Å². The third kappa shape index (κ3) is 2.75. The fraction of sp³-hybridized carbons (Fsp3) is 0.688. The Morgan fingerprint density at radius 2 is 1.73 bits per heavy atom. The summed E-state index contributed by atoms with van der Waals surface area (Å²) in [5.41, 5.74) is 1.56. The Morgan fingerprint density at radius 1 is 1.14 bits per heavy atom. The Kier molecular flexibility index (Phi) is 3.95. The molecule has 0 aromatic carbocycles. The highest BCUT2D eigenvalue weighted by molar-refractivity contribution is 6.62. The van der Waals surface area contributed by atoms with Gasteiger partial charge in [-0.3, -0.25) is 0 Å². The molecule has 0 amide bonds. The van der Waals surface area contributed by atoms with E-state index < -0.39 is 0 Å². The summed E-state index contributed by atoms with van der Waals surface area (Å²) in [5.74, 6) is 1.04. The number of anilines is 1. The first-order valence-corrected chi connectivity index (χ1v) is 8.08. The third-order valence-corrected chi connectivity index (χ3v) is 5.09. The zero-order chi connectivity index (χ0) is 16.0. The van der Waals surface area contributed by atoms with Crippen molar-refractivity contribution >= 4 is 18.4 Å². The predicted octanol–water partition coefficient (Wildman–Crippen LogP) is 1.10. The molecule has 0 spiro atoms. The number of aromatic nitrogens is 1. The first-order valence-electron chi connectivity index (χ1n) is 8.08. The van der Waals surface area contributed by atoms with E-state index in [9.17, 15) is 0 Å². The summed E-state index contributed by atoms with van der Waals surface area (Å²) in [5, 5.41) is 3.36. The average Bonchev–Trinajstić information content (AvgIpc) is 2.68. The lowest BCUT2D eigenvalue weighted by Crippen LogP contribution is -2.44. The van der Waals surface area contributed by atoms with E-state index in [0.717, 1.165) is 37.5 Å². The van der Waals surface area contributed by atoms with Gasteiger partial charge in [-0.2, -0.15) is 0 Å². The van der Waals surface area contributed by atoms with E-state index >= 15 is 0 Å². The summed E-state index contributed by atoms with van der Waals surface area (Å²) >= 11 is 0. The summed E-state index contributed by atoms with van der Waals surface area (Å²) in [7, 11) is -0.338. The Labute approximate surface area is 133 Å². The maximum atomic E-state index is 6.13. The van der Waals surface area contributed by atoms with Crippen LogP contribution >= 0.6 is 0 Å². The Morgan fingerprint density at radius 3 is 2.27 bits per heavy atom. The molecule has 6 heteroatoms. The summed E-state index contributed by atoms with van der Waals surface area (Å²) in [6, 6.07) is 2.14. The lowest BCUT2D eigenvalue weighted by atomic mass is 9.77. The van der Waals surface area contributed by atoms with Gasteiger partial charge in [0.15, 0.2) is 0 Å². The highest BCUT2D eigenvalue weighted by Gasteiger charge is 2.52. The molecule has 1 aromatic heterocycles. The SMILES string of the molecule is Cc1cc(N2CCNCC2)ncc1B1OC(C)(C)C(C)(C)O1. The van der Waals surface area contributed by atoms with E-state index in [1.807, 2.05) is 6.20 Å². The van der Waals surface area contributed by atoms with Crippen LogP contribution in [0.15, 0.2) is 12.3 Å². The molecule has 0 atom stereocenters. The number of pyridine rings is 1. The maximum absolute atomic E-state index is 6.13. The molecule has 0 bridgehead atoms. The fourth-order valence-corrected chi connectivity index (χ4v) is 2.84. The van der Waals surface area contributed by atoms with Gasteiger partial charge in [-0.25, -0.2) is 4.98 Å². The van der Waals surface area contributed by atoms with Gasteiger partial charge in [0.05, 0.1) is 11.2 Å². The minimum absolute atomic E-state index is 0.318. The van der Waals surface area contributed by atoms with E-state index in [1.165, 1.54) is 5.56 Å². The van der Waals surface area contributed by atoms with Crippen LogP contribution in [0.3, 0.4) is 0 Å². The van der Waals surface area contributed by atoms with Crippen LogP contribution in [0, 0.1) is 6.92 Å². The van der Waals surface area contributed by atoms with E-state index in [0.29, 0.717) is 0 Å². The van der Waals surface area contributed by atoms with Gasteiger partial charge in [-0.1, -0.05) is 0 Å². The Hall–Kier alpha value is -1.11. The van der Waals surface area contributed by atoms with Gasteiger partial charge in [0, 0.05) is 37.8 Å². The lowest BCUT2D eigenvalue weighted by molar-refractivity contribution is 0.00578. The minimum Gasteiger partial charge on any atom is -0.399 e. The molecular formula is C16H26BN3O2. The Bertz CT molecular complexity index is 540. The largest absolute Gasteiger partial charge is 0.496 e. The lowest BCUT2D eigenvalue weighted by Gasteiger charge is -2.32. The van der Waals surface area contributed by atoms with Crippen molar-refractivity contribution < 1.29 is 9.31 Å². The average molecular weight is 303 g/mol. The molecule has 2 fully saturated rings. The molecule has 2 saturated heterocycles. The van der Waals surface area contributed by atoms with Crippen LogP contribution in [0.25, 0.3) is 0 Å². The van der Waals surface area contributed by atoms with E-state index in [-0.39, 0.29) is 18.3 Å². The molecule has 120 valence electrons. The molecule has 0 unspecified atom stereocenters. The second-order valence-corrected chi connectivity index (χ2v) is 7.22. The van der Waals surface area contributed by atoms with Crippen molar-refractivity contribution in [1.29, 1.82) is 0 Å². The summed E-state index contributed by atoms with van der Waals surface area (Å²) in [6.45, 7) is 14.4. The molecule has 22 heavy (non-hydrogen) atoms. The summed E-state index contributed by atoms with van der Waals surface area (Å²) in [6.07, 6.45) is 1.91. The van der Waals surface area contributed by atoms with Crippen LogP contribution in [-0.2, 0) is 9.31 Å². The quantitative estimate of drug-likeness (QED) is 0.829. The number of hydrogen-bond donors (Lipinski definition) is 1. The molecule has 0 radical (unpaired) electrons. The number of aryl methyl sites for hydroxylation is 1. The first-order chi connectivity index (χ1) is 10.3. The highest BCUT2D eigenvalue weighted by atomic mass is 16.7. The summed E-state index contributed by atoms with van der Waals surface area (Å²) in [4.78, 5) is 6.96. The molecule has 2 aliphatic heterocycles. The molecule has 1 aromatic rings. The van der Waals surface area contributed by atoms with Crippen LogP contribution in [0.2, 0.25) is 0 Å².